The lowest BCUT2D eigenvalue weighted by Crippen LogP contribution is -2.08. The van der Waals surface area contributed by atoms with Crippen LogP contribution in [0.4, 0.5) is 15.9 Å². The normalized spacial score (nSPS) is 10.0. The number of rotatable bonds is 4. The van der Waals surface area contributed by atoms with Crippen molar-refractivity contribution in [2.75, 3.05) is 5.43 Å². The number of aromatic nitrogens is 2. The van der Waals surface area contributed by atoms with Crippen LogP contribution in [-0.2, 0) is 0 Å². The van der Waals surface area contributed by atoms with Crippen molar-refractivity contribution < 1.29 is 14.1 Å². The highest BCUT2D eigenvalue weighted by molar-refractivity contribution is 5.48. The number of nitrogen functional groups attached to an aromatic ring is 1. The zero-order chi connectivity index (χ0) is 13.8. The van der Waals surface area contributed by atoms with Gasteiger partial charge >= 0.3 is 5.69 Å². The summed E-state index contributed by atoms with van der Waals surface area (Å²) in [6.45, 7) is 0. The maximum atomic E-state index is 13.1. The first-order chi connectivity index (χ1) is 9.10. The van der Waals surface area contributed by atoms with Crippen LogP contribution in [0.25, 0.3) is 0 Å². The smallest absolute Gasteiger partial charge is 0.311 e. The lowest BCUT2D eigenvalue weighted by Gasteiger charge is -2.06. The van der Waals surface area contributed by atoms with Gasteiger partial charge in [-0.25, -0.2) is 20.2 Å². The molecule has 0 fully saturated rings. The molecular formula is C10H8FN5O3. The van der Waals surface area contributed by atoms with Crippen molar-refractivity contribution >= 4 is 11.5 Å². The number of hydrazine groups is 1. The summed E-state index contributed by atoms with van der Waals surface area (Å²) in [5.41, 5.74) is 1.89. The van der Waals surface area contributed by atoms with E-state index < -0.39 is 10.7 Å². The van der Waals surface area contributed by atoms with Gasteiger partial charge in [0.2, 0.25) is 11.6 Å². The molecule has 8 nitrogen and oxygen atoms in total. The molecule has 3 N–H and O–H groups in total. The molecule has 0 atom stereocenters. The van der Waals surface area contributed by atoms with Crippen LogP contribution in [0.2, 0.25) is 0 Å². The Labute approximate surface area is 106 Å². The average molecular weight is 265 g/mol. The van der Waals surface area contributed by atoms with E-state index in [2.05, 4.69) is 15.4 Å². The molecule has 0 saturated carbocycles. The fraction of sp³-hybridized carbons (Fsp3) is 0. The Morgan fingerprint density at radius 2 is 2.16 bits per heavy atom. The van der Waals surface area contributed by atoms with Crippen LogP contribution in [0.5, 0.6) is 11.6 Å². The molecule has 0 bridgehead atoms. The number of hydrogen-bond acceptors (Lipinski definition) is 7. The molecule has 0 saturated heterocycles. The van der Waals surface area contributed by atoms with Crippen molar-refractivity contribution in [1.82, 2.24) is 9.97 Å². The third-order valence-electron chi connectivity index (χ3n) is 2.12. The highest BCUT2D eigenvalue weighted by atomic mass is 19.1. The molecule has 0 radical (unpaired) electrons. The first-order valence-electron chi connectivity index (χ1n) is 5.00. The molecular weight excluding hydrogens is 257 g/mol. The predicted molar refractivity (Wildman–Crippen MR) is 63.0 cm³/mol. The lowest BCUT2D eigenvalue weighted by molar-refractivity contribution is -0.385. The van der Waals surface area contributed by atoms with Crippen molar-refractivity contribution in [1.29, 1.82) is 0 Å². The standard InChI is InChI=1S/C10H8FN5O3/c11-6-1-2-7(16(17)18)8(3-6)19-10-4-9(15-12)13-5-14-10/h1-5H,12H2,(H,13,14,15). The molecule has 1 aromatic heterocycles. The Morgan fingerprint density at radius 3 is 2.84 bits per heavy atom. The van der Waals surface area contributed by atoms with E-state index >= 15 is 0 Å². The zero-order valence-corrected chi connectivity index (χ0v) is 9.41. The van der Waals surface area contributed by atoms with E-state index in [4.69, 9.17) is 10.6 Å². The van der Waals surface area contributed by atoms with Gasteiger partial charge in [0.25, 0.3) is 0 Å². The van der Waals surface area contributed by atoms with Gasteiger partial charge in [0.1, 0.15) is 18.0 Å². The Bertz CT molecular complexity index is 622. The van der Waals surface area contributed by atoms with Gasteiger partial charge < -0.3 is 10.2 Å². The summed E-state index contributed by atoms with van der Waals surface area (Å²) < 4.78 is 18.3. The Balaban J connectivity index is 2.36. The molecule has 0 spiro atoms. The van der Waals surface area contributed by atoms with Gasteiger partial charge in [-0.05, 0) is 6.07 Å². The molecule has 98 valence electrons. The van der Waals surface area contributed by atoms with Gasteiger partial charge in [0.15, 0.2) is 0 Å². The minimum atomic E-state index is -0.682. The largest absolute Gasteiger partial charge is 0.431 e. The van der Waals surface area contributed by atoms with E-state index in [0.29, 0.717) is 0 Å². The minimum absolute atomic E-state index is 0.00310. The predicted octanol–water partition coefficient (Wildman–Crippen LogP) is 1.60. The maximum Gasteiger partial charge on any atom is 0.311 e. The summed E-state index contributed by atoms with van der Waals surface area (Å²) in [5.74, 6) is 4.48. The first kappa shape index (κ1) is 12.6. The fourth-order valence-electron chi connectivity index (χ4n) is 1.31. The molecule has 2 aromatic rings. The molecule has 0 aliphatic rings. The van der Waals surface area contributed by atoms with Crippen LogP contribution in [0.15, 0.2) is 30.6 Å². The van der Waals surface area contributed by atoms with E-state index in [1.165, 1.54) is 6.07 Å². The Kier molecular flexibility index (Phi) is 3.48. The summed E-state index contributed by atoms with van der Waals surface area (Å²) >= 11 is 0. The average Bonchev–Trinajstić information content (AvgIpc) is 2.38. The van der Waals surface area contributed by atoms with Gasteiger partial charge in [-0.2, -0.15) is 0 Å². The van der Waals surface area contributed by atoms with Gasteiger partial charge in [0, 0.05) is 18.2 Å². The number of halogens is 1. The van der Waals surface area contributed by atoms with Crippen LogP contribution in [0.1, 0.15) is 0 Å². The second-order valence-corrected chi connectivity index (χ2v) is 3.36. The van der Waals surface area contributed by atoms with Crippen molar-refractivity contribution in [3.63, 3.8) is 0 Å². The molecule has 0 aliphatic heterocycles. The molecule has 9 heteroatoms. The number of nitro groups is 1. The van der Waals surface area contributed by atoms with Crippen LogP contribution < -0.4 is 16.0 Å². The summed E-state index contributed by atoms with van der Waals surface area (Å²) in [5, 5.41) is 10.8. The van der Waals surface area contributed by atoms with Crippen LogP contribution in [0, 0.1) is 15.9 Å². The third kappa shape index (κ3) is 2.90. The van der Waals surface area contributed by atoms with Crippen LogP contribution in [-0.4, -0.2) is 14.9 Å². The van der Waals surface area contributed by atoms with Crippen LogP contribution >= 0.6 is 0 Å². The molecule has 1 aromatic carbocycles. The highest BCUT2D eigenvalue weighted by Gasteiger charge is 2.17. The van der Waals surface area contributed by atoms with E-state index in [-0.39, 0.29) is 23.1 Å². The number of benzene rings is 1. The number of ether oxygens (including phenoxy) is 1. The molecule has 0 aliphatic carbocycles. The second kappa shape index (κ2) is 5.23. The summed E-state index contributed by atoms with van der Waals surface area (Å²) in [4.78, 5) is 17.6. The Hall–Kier alpha value is -2.81. The lowest BCUT2D eigenvalue weighted by atomic mass is 10.3. The number of nitrogens with one attached hydrogen (secondary N) is 1. The molecule has 2 rings (SSSR count). The van der Waals surface area contributed by atoms with E-state index in [1.807, 2.05) is 0 Å². The topological polar surface area (TPSA) is 116 Å². The van der Waals surface area contributed by atoms with E-state index in [9.17, 15) is 14.5 Å². The van der Waals surface area contributed by atoms with Crippen molar-refractivity contribution in [2.45, 2.75) is 0 Å². The molecule has 1 heterocycles. The number of nitrogens with two attached hydrogens (primary N) is 1. The van der Waals surface area contributed by atoms with Gasteiger partial charge in [-0.15, -0.1) is 0 Å². The Morgan fingerprint density at radius 1 is 1.37 bits per heavy atom. The molecule has 0 unspecified atom stereocenters. The molecule has 0 amide bonds. The van der Waals surface area contributed by atoms with E-state index in [0.717, 1.165) is 24.5 Å². The van der Waals surface area contributed by atoms with Gasteiger partial charge in [0.05, 0.1) is 4.92 Å². The van der Waals surface area contributed by atoms with Gasteiger partial charge in [-0.3, -0.25) is 10.1 Å². The number of anilines is 1. The number of nitro benzene ring substituents is 1. The fourth-order valence-corrected chi connectivity index (χ4v) is 1.31. The van der Waals surface area contributed by atoms with Crippen molar-refractivity contribution in [3.8, 4) is 11.6 Å². The van der Waals surface area contributed by atoms with Crippen molar-refractivity contribution in [3.05, 3.63) is 46.5 Å². The summed E-state index contributed by atoms with van der Waals surface area (Å²) in [6.07, 6.45) is 1.15. The number of nitrogens with zero attached hydrogens (tertiary/aromatic N) is 3. The monoisotopic (exact) mass is 265 g/mol. The van der Waals surface area contributed by atoms with Gasteiger partial charge in [-0.1, -0.05) is 0 Å². The number of hydrogen-bond donors (Lipinski definition) is 2. The zero-order valence-electron chi connectivity index (χ0n) is 9.41. The SMILES string of the molecule is NNc1cc(Oc2cc(F)ccc2[N+](=O)[O-])ncn1. The van der Waals surface area contributed by atoms with Crippen molar-refractivity contribution in [2.24, 2.45) is 5.84 Å². The molecule has 19 heavy (non-hydrogen) atoms. The second-order valence-electron chi connectivity index (χ2n) is 3.36. The maximum absolute atomic E-state index is 13.1. The first-order valence-corrected chi connectivity index (χ1v) is 5.00. The summed E-state index contributed by atoms with van der Waals surface area (Å²) in [6, 6.07) is 4.19. The third-order valence-corrected chi connectivity index (χ3v) is 2.12. The quantitative estimate of drug-likeness (QED) is 0.490. The minimum Gasteiger partial charge on any atom is -0.431 e. The summed E-state index contributed by atoms with van der Waals surface area (Å²) in [7, 11) is 0. The highest BCUT2D eigenvalue weighted by Crippen LogP contribution is 2.31. The van der Waals surface area contributed by atoms with Crippen LogP contribution in [0.3, 0.4) is 0 Å². The van der Waals surface area contributed by atoms with E-state index in [1.54, 1.807) is 0 Å².